The zero-order valence-corrected chi connectivity index (χ0v) is 12.8. The number of carbonyl (C=O) groups is 1. The molecule has 2 rings (SSSR count). The average Bonchev–Trinajstić information content (AvgIpc) is 2.37. The number of carbonyl (C=O) groups excluding carboxylic acids is 1. The monoisotopic (exact) mass is 306 g/mol. The first kappa shape index (κ1) is 15.3. The van der Waals surface area contributed by atoms with E-state index in [1.54, 1.807) is 19.1 Å². The Hall–Kier alpha value is -2.07. The maximum absolute atomic E-state index is 13.1. The zero-order valence-electron chi connectivity index (χ0n) is 12.1. The van der Waals surface area contributed by atoms with Crippen LogP contribution >= 0.6 is 11.6 Å². The van der Waals surface area contributed by atoms with Crippen molar-refractivity contribution in [2.24, 2.45) is 0 Å². The molecule has 0 saturated heterocycles. The molecule has 2 aromatic rings. The molecule has 0 atom stereocenters. The van der Waals surface area contributed by atoms with Crippen LogP contribution in [-0.4, -0.2) is 20.0 Å². The molecule has 0 unspecified atom stereocenters. The second-order valence-corrected chi connectivity index (χ2v) is 5.41. The summed E-state index contributed by atoms with van der Waals surface area (Å²) >= 11 is 5.98. The number of aryl methyl sites for hydroxylation is 1. The minimum atomic E-state index is -0.360. The molecule has 0 aliphatic rings. The molecule has 1 N–H and O–H groups in total. The van der Waals surface area contributed by atoms with E-state index in [1.165, 1.54) is 18.2 Å². The van der Waals surface area contributed by atoms with Crippen molar-refractivity contribution < 1.29 is 9.18 Å². The molecule has 0 saturated carbocycles. The van der Waals surface area contributed by atoms with E-state index in [2.05, 4.69) is 5.32 Å². The molecule has 0 aliphatic carbocycles. The van der Waals surface area contributed by atoms with Crippen LogP contribution in [0.25, 0.3) is 0 Å². The first-order valence-corrected chi connectivity index (χ1v) is 6.80. The van der Waals surface area contributed by atoms with Crippen molar-refractivity contribution in [3.8, 4) is 0 Å². The lowest BCUT2D eigenvalue weighted by molar-refractivity contribution is 0.102. The molecule has 1 amide bonds. The second-order valence-electron chi connectivity index (χ2n) is 4.97. The standard InChI is InChI=1S/C16H16ClFN2O/c1-10-8-12(18)5-6-13(10)16(21)19-14-9-11(17)4-7-15(14)20(2)3/h4-9H,1-3H3,(H,19,21). The van der Waals surface area contributed by atoms with E-state index in [1.807, 2.05) is 25.1 Å². The Kier molecular flexibility index (Phi) is 4.48. The summed E-state index contributed by atoms with van der Waals surface area (Å²) in [5.74, 6) is -0.654. The lowest BCUT2D eigenvalue weighted by atomic mass is 10.1. The molecule has 0 fully saturated rings. The quantitative estimate of drug-likeness (QED) is 0.925. The number of nitrogens with zero attached hydrogens (tertiary/aromatic N) is 1. The van der Waals surface area contributed by atoms with Gasteiger partial charge in [0.05, 0.1) is 11.4 Å². The third-order valence-corrected chi connectivity index (χ3v) is 3.36. The van der Waals surface area contributed by atoms with Crippen molar-refractivity contribution in [3.63, 3.8) is 0 Å². The van der Waals surface area contributed by atoms with Crippen LogP contribution in [0, 0.1) is 12.7 Å². The minimum absolute atomic E-state index is 0.294. The normalized spacial score (nSPS) is 10.3. The van der Waals surface area contributed by atoms with E-state index in [0.29, 0.717) is 21.8 Å². The van der Waals surface area contributed by atoms with Crippen LogP contribution in [0.15, 0.2) is 36.4 Å². The van der Waals surface area contributed by atoms with Crippen molar-refractivity contribution in [1.29, 1.82) is 0 Å². The van der Waals surface area contributed by atoms with Gasteiger partial charge in [-0.2, -0.15) is 0 Å². The number of rotatable bonds is 3. The summed E-state index contributed by atoms with van der Waals surface area (Å²) in [4.78, 5) is 14.2. The largest absolute Gasteiger partial charge is 0.376 e. The van der Waals surface area contributed by atoms with Crippen molar-refractivity contribution in [1.82, 2.24) is 0 Å². The number of amides is 1. The molecule has 5 heteroatoms. The van der Waals surface area contributed by atoms with Crippen molar-refractivity contribution in [2.75, 3.05) is 24.3 Å². The van der Waals surface area contributed by atoms with Gasteiger partial charge in [0.15, 0.2) is 0 Å². The highest BCUT2D eigenvalue weighted by Crippen LogP contribution is 2.28. The van der Waals surface area contributed by atoms with Crippen LogP contribution < -0.4 is 10.2 Å². The summed E-state index contributed by atoms with van der Waals surface area (Å²) in [7, 11) is 3.75. The molecule has 21 heavy (non-hydrogen) atoms. The van der Waals surface area contributed by atoms with Crippen LogP contribution in [0.3, 0.4) is 0 Å². The Labute approximate surface area is 128 Å². The third-order valence-electron chi connectivity index (χ3n) is 3.12. The SMILES string of the molecule is Cc1cc(F)ccc1C(=O)Nc1cc(Cl)ccc1N(C)C. The fourth-order valence-electron chi connectivity index (χ4n) is 2.07. The smallest absolute Gasteiger partial charge is 0.255 e. The molecular formula is C16H16ClFN2O. The highest BCUT2D eigenvalue weighted by molar-refractivity contribution is 6.31. The van der Waals surface area contributed by atoms with Gasteiger partial charge in [0.2, 0.25) is 0 Å². The van der Waals surface area contributed by atoms with Gasteiger partial charge in [-0.1, -0.05) is 11.6 Å². The summed E-state index contributed by atoms with van der Waals surface area (Å²) in [5, 5.41) is 3.36. The van der Waals surface area contributed by atoms with Gasteiger partial charge in [-0.05, 0) is 48.9 Å². The molecule has 0 bridgehead atoms. The predicted octanol–water partition coefficient (Wildman–Crippen LogP) is 4.11. The van der Waals surface area contributed by atoms with Crippen molar-refractivity contribution in [2.45, 2.75) is 6.92 Å². The Balaban J connectivity index is 2.33. The number of benzene rings is 2. The van der Waals surface area contributed by atoms with E-state index >= 15 is 0 Å². The lowest BCUT2D eigenvalue weighted by Crippen LogP contribution is -2.17. The highest BCUT2D eigenvalue weighted by atomic mass is 35.5. The Morgan fingerprint density at radius 3 is 2.52 bits per heavy atom. The predicted molar refractivity (Wildman–Crippen MR) is 84.9 cm³/mol. The Morgan fingerprint density at radius 2 is 1.90 bits per heavy atom. The molecule has 0 heterocycles. The first-order chi connectivity index (χ1) is 9.88. The minimum Gasteiger partial charge on any atom is -0.376 e. The van der Waals surface area contributed by atoms with Crippen LogP contribution in [0.4, 0.5) is 15.8 Å². The van der Waals surface area contributed by atoms with E-state index < -0.39 is 0 Å². The summed E-state index contributed by atoms with van der Waals surface area (Å²) in [6, 6.07) is 9.35. The fraction of sp³-hybridized carbons (Fsp3) is 0.188. The van der Waals surface area contributed by atoms with Crippen LogP contribution in [0.5, 0.6) is 0 Å². The van der Waals surface area contributed by atoms with Crippen molar-refractivity contribution in [3.05, 3.63) is 58.4 Å². The van der Waals surface area contributed by atoms with E-state index in [9.17, 15) is 9.18 Å². The van der Waals surface area contributed by atoms with E-state index in [4.69, 9.17) is 11.6 Å². The lowest BCUT2D eigenvalue weighted by Gasteiger charge is -2.18. The number of hydrogen-bond donors (Lipinski definition) is 1. The van der Waals surface area contributed by atoms with Gasteiger partial charge in [0.25, 0.3) is 5.91 Å². The number of halogens is 2. The highest BCUT2D eigenvalue weighted by Gasteiger charge is 2.13. The number of nitrogens with one attached hydrogen (secondary N) is 1. The van der Waals surface area contributed by atoms with Gasteiger partial charge in [-0.25, -0.2) is 4.39 Å². The van der Waals surface area contributed by atoms with Crippen molar-refractivity contribution >= 4 is 28.9 Å². The summed E-state index contributed by atoms with van der Waals surface area (Å²) in [6.45, 7) is 1.70. The van der Waals surface area contributed by atoms with Gasteiger partial charge in [-0.15, -0.1) is 0 Å². The number of anilines is 2. The van der Waals surface area contributed by atoms with E-state index in [-0.39, 0.29) is 11.7 Å². The summed E-state index contributed by atoms with van der Waals surface area (Å²) in [5.41, 5.74) is 2.47. The van der Waals surface area contributed by atoms with Crippen LogP contribution in [-0.2, 0) is 0 Å². The maximum atomic E-state index is 13.1. The summed E-state index contributed by atoms with van der Waals surface area (Å²) in [6.07, 6.45) is 0. The van der Waals surface area contributed by atoms with Gasteiger partial charge in [0, 0.05) is 24.7 Å². The molecular weight excluding hydrogens is 291 g/mol. The first-order valence-electron chi connectivity index (χ1n) is 6.43. The second kappa shape index (κ2) is 6.14. The van der Waals surface area contributed by atoms with Gasteiger partial charge in [0.1, 0.15) is 5.82 Å². The molecule has 0 radical (unpaired) electrons. The Morgan fingerprint density at radius 1 is 1.19 bits per heavy atom. The molecule has 0 spiro atoms. The molecule has 3 nitrogen and oxygen atoms in total. The molecule has 0 aromatic heterocycles. The maximum Gasteiger partial charge on any atom is 0.255 e. The fourth-order valence-corrected chi connectivity index (χ4v) is 2.24. The zero-order chi connectivity index (χ0) is 15.6. The Bertz CT molecular complexity index is 686. The van der Waals surface area contributed by atoms with Crippen LogP contribution in [0.1, 0.15) is 15.9 Å². The van der Waals surface area contributed by atoms with Gasteiger partial charge in [-0.3, -0.25) is 4.79 Å². The molecule has 0 aliphatic heterocycles. The number of hydrogen-bond acceptors (Lipinski definition) is 2. The van der Waals surface area contributed by atoms with Crippen LogP contribution in [0.2, 0.25) is 5.02 Å². The average molecular weight is 307 g/mol. The van der Waals surface area contributed by atoms with Gasteiger partial charge < -0.3 is 10.2 Å². The molecule has 2 aromatic carbocycles. The topological polar surface area (TPSA) is 32.3 Å². The summed E-state index contributed by atoms with van der Waals surface area (Å²) < 4.78 is 13.1. The van der Waals surface area contributed by atoms with E-state index in [0.717, 1.165) is 5.69 Å². The van der Waals surface area contributed by atoms with Gasteiger partial charge >= 0.3 is 0 Å². The third kappa shape index (κ3) is 3.52. The molecule has 110 valence electrons.